The predicted octanol–water partition coefficient (Wildman–Crippen LogP) is 4.36. The number of hydrogen-bond donors (Lipinski definition) is 1. The molecule has 2 aromatic carbocycles. The van der Waals surface area contributed by atoms with E-state index in [1.807, 2.05) is 49.4 Å². The first-order valence-electron chi connectivity index (χ1n) is 6.53. The first-order chi connectivity index (χ1) is 9.76. The highest BCUT2D eigenvalue weighted by Crippen LogP contribution is 2.29. The molecule has 2 aromatic rings. The largest absolute Gasteiger partial charge is 0.496 e. The van der Waals surface area contributed by atoms with Gasteiger partial charge in [-0.3, -0.25) is 0 Å². The Hall–Kier alpha value is -1.87. The van der Waals surface area contributed by atoms with E-state index in [0.29, 0.717) is 18.2 Å². The number of para-hydroxylation sites is 2. The quantitative estimate of drug-likeness (QED) is 0.858. The molecule has 0 aliphatic rings. The van der Waals surface area contributed by atoms with Crippen molar-refractivity contribution in [1.82, 2.24) is 0 Å². The van der Waals surface area contributed by atoms with Crippen LogP contribution in [0.15, 0.2) is 42.5 Å². The van der Waals surface area contributed by atoms with Gasteiger partial charge in [0.05, 0.1) is 19.4 Å². The van der Waals surface area contributed by atoms with Gasteiger partial charge in [0, 0.05) is 17.1 Å². The molecule has 0 spiro atoms. The normalized spacial score (nSPS) is 10.2. The van der Waals surface area contributed by atoms with Crippen molar-refractivity contribution in [2.45, 2.75) is 13.5 Å². The molecular weight excluding hydrogens is 274 g/mol. The molecule has 0 aromatic heterocycles. The smallest absolute Gasteiger partial charge is 0.142 e. The van der Waals surface area contributed by atoms with E-state index in [1.165, 1.54) is 0 Å². The maximum absolute atomic E-state index is 6.22. The molecule has 0 radical (unpaired) electrons. The molecule has 0 saturated heterocycles. The lowest BCUT2D eigenvalue weighted by Crippen LogP contribution is -2.04. The second-order valence-electron chi connectivity index (χ2n) is 4.20. The van der Waals surface area contributed by atoms with Gasteiger partial charge in [0.25, 0.3) is 0 Å². The zero-order chi connectivity index (χ0) is 14.4. The standard InChI is InChI=1S/C16H18ClNO2/c1-3-20-16-9-5-4-8-14(16)18-11-12-13(17)7-6-10-15(12)19-2/h4-10,18H,3,11H2,1-2H3. The lowest BCUT2D eigenvalue weighted by Gasteiger charge is -2.14. The molecule has 4 heteroatoms. The monoisotopic (exact) mass is 291 g/mol. The van der Waals surface area contributed by atoms with Gasteiger partial charge >= 0.3 is 0 Å². The van der Waals surface area contributed by atoms with Crippen molar-refractivity contribution in [1.29, 1.82) is 0 Å². The van der Waals surface area contributed by atoms with E-state index in [4.69, 9.17) is 21.1 Å². The molecule has 0 unspecified atom stereocenters. The van der Waals surface area contributed by atoms with Crippen molar-refractivity contribution in [2.24, 2.45) is 0 Å². The van der Waals surface area contributed by atoms with Gasteiger partial charge in [-0.2, -0.15) is 0 Å². The fourth-order valence-electron chi connectivity index (χ4n) is 1.98. The zero-order valence-corrected chi connectivity index (χ0v) is 12.4. The lowest BCUT2D eigenvalue weighted by atomic mass is 10.2. The summed E-state index contributed by atoms with van der Waals surface area (Å²) < 4.78 is 10.9. The van der Waals surface area contributed by atoms with E-state index < -0.39 is 0 Å². The third-order valence-corrected chi connectivity index (χ3v) is 3.29. The minimum Gasteiger partial charge on any atom is -0.496 e. The van der Waals surface area contributed by atoms with Gasteiger partial charge in [-0.1, -0.05) is 29.8 Å². The van der Waals surface area contributed by atoms with Crippen molar-refractivity contribution in [2.75, 3.05) is 19.0 Å². The molecule has 1 N–H and O–H groups in total. The average molecular weight is 292 g/mol. The average Bonchev–Trinajstić information content (AvgIpc) is 2.47. The van der Waals surface area contributed by atoms with E-state index in [2.05, 4.69) is 5.32 Å². The van der Waals surface area contributed by atoms with Crippen LogP contribution in [0.3, 0.4) is 0 Å². The predicted molar refractivity (Wildman–Crippen MR) is 82.9 cm³/mol. The highest BCUT2D eigenvalue weighted by Gasteiger charge is 2.08. The van der Waals surface area contributed by atoms with Gasteiger partial charge in [-0.05, 0) is 31.2 Å². The van der Waals surface area contributed by atoms with E-state index in [9.17, 15) is 0 Å². The number of halogens is 1. The van der Waals surface area contributed by atoms with Gasteiger partial charge in [0.1, 0.15) is 11.5 Å². The second-order valence-corrected chi connectivity index (χ2v) is 4.61. The van der Waals surface area contributed by atoms with Crippen LogP contribution in [-0.4, -0.2) is 13.7 Å². The maximum atomic E-state index is 6.22. The first-order valence-corrected chi connectivity index (χ1v) is 6.91. The van der Waals surface area contributed by atoms with E-state index in [-0.39, 0.29) is 0 Å². The fraction of sp³-hybridized carbons (Fsp3) is 0.250. The summed E-state index contributed by atoms with van der Waals surface area (Å²) in [6.07, 6.45) is 0. The van der Waals surface area contributed by atoms with Crippen LogP contribution in [0.25, 0.3) is 0 Å². The van der Waals surface area contributed by atoms with Gasteiger partial charge in [0.2, 0.25) is 0 Å². The molecule has 0 bridgehead atoms. The molecule has 0 heterocycles. The summed E-state index contributed by atoms with van der Waals surface area (Å²) in [6.45, 7) is 3.18. The van der Waals surface area contributed by atoms with E-state index >= 15 is 0 Å². The van der Waals surface area contributed by atoms with Crippen molar-refractivity contribution in [3.63, 3.8) is 0 Å². The highest BCUT2D eigenvalue weighted by molar-refractivity contribution is 6.31. The summed E-state index contributed by atoms with van der Waals surface area (Å²) in [5.41, 5.74) is 1.87. The van der Waals surface area contributed by atoms with Crippen LogP contribution in [0.5, 0.6) is 11.5 Å². The Morgan fingerprint density at radius 1 is 1.05 bits per heavy atom. The Morgan fingerprint density at radius 2 is 1.80 bits per heavy atom. The maximum Gasteiger partial charge on any atom is 0.142 e. The minimum atomic E-state index is 0.576. The Morgan fingerprint density at radius 3 is 2.55 bits per heavy atom. The highest BCUT2D eigenvalue weighted by atomic mass is 35.5. The molecule has 0 aliphatic carbocycles. The number of methoxy groups -OCH3 is 1. The molecule has 0 amide bonds. The molecular formula is C16H18ClNO2. The molecule has 0 fully saturated rings. The number of rotatable bonds is 6. The van der Waals surface area contributed by atoms with Gasteiger partial charge in [-0.25, -0.2) is 0 Å². The number of ether oxygens (including phenoxy) is 2. The molecule has 0 aliphatic heterocycles. The zero-order valence-electron chi connectivity index (χ0n) is 11.7. The molecule has 0 saturated carbocycles. The van der Waals surface area contributed by atoms with Crippen LogP contribution >= 0.6 is 11.6 Å². The summed E-state index contributed by atoms with van der Waals surface area (Å²) in [6, 6.07) is 13.5. The summed E-state index contributed by atoms with van der Waals surface area (Å²) in [4.78, 5) is 0. The van der Waals surface area contributed by atoms with Crippen molar-refractivity contribution in [3.05, 3.63) is 53.1 Å². The van der Waals surface area contributed by atoms with Gasteiger partial charge < -0.3 is 14.8 Å². The summed E-state index contributed by atoms with van der Waals surface area (Å²) in [5, 5.41) is 4.03. The minimum absolute atomic E-state index is 0.576. The third-order valence-electron chi connectivity index (χ3n) is 2.94. The number of hydrogen-bond acceptors (Lipinski definition) is 3. The van der Waals surface area contributed by atoms with Crippen LogP contribution in [0.2, 0.25) is 5.02 Å². The van der Waals surface area contributed by atoms with E-state index in [1.54, 1.807) is 7.11 Å². The van der Waals surface area contributed by atoms with E-state index in [0.717, 1.165) is 22.7 Å². The summed E-state index contributed by atoms with van der Waals surface area (Å²) in [7, 11) is 1.64. The van der Waals surface area contributed by atoms with Crippen LogP contribution in [0, 0.1) is 0 Å². The molecule has 3 nitrogen and oxygen atoms in total. The van der Waals surface area contributed by atoms with Crippen molar-refractivity contribution >= 4 is 17.3 Å². The Bertz CT molecular complexity index is 572. The summed E-state index contributed by atoms with van der Waals surface area (Å²) in [5.74, 6) is 1.61. The topological polar surface area (TPSA) is 30.5 Å². The second kappa shape index (κ2) is 7.06. The van der Waals surface area contributed by atoms with Crippen LogP contribution in [0.4, 0.5) is 5.69 Å². The SMILES string of the molecule is CCOc1ccccc1NCc1c(Cl)cccc1OC. The molecule has 2 rings (SSSR count). The third kappa shape index (κ3) is 3.36. The fourth-order valence-corrected chi connectivity index (χ4v) is 2.21. The lowest BCUT2D eigenvalue weighted by molar-refractivity contribution is 0.341. The first kappa shape index (κ1) is 14.5. The summed E-state index contributed by atoms with van der Waals surface area (Å²) >= 11 is 6.22. The Kier molecular flexibility index (Phi) is 5.13. The number of nitrogens with one attached hydrogen (secondary N) is 1. The van der Waals surface area contributed by atoms with Crippen LogP contribution < -0.4 is 14.8 Å². The van der Waals surface area contributed by atoms with Crippen LogP contribution in [0.1, 0.15) is 12.5 Å². The van der Waals surface area contributed by atoms with Crippen molar-refractivity contribution in [3.8, 4) is 11.5 Å². The number of benzene rings is 2. The number of anilines is 1. The molecule has 0 atom stereocenters. The van der Waals surface area contributed by atoms with Crippen molar-refractivity contribution < 1.29 is 9.47 Å². The molecule has 106 valence electrons. The molecule has 20 heavy (non-hydrogen) atoms. The van der Waals surface area contributed by atoms with Gasteiger partial charge in [-0.15, -0.1) is 0 Å². The Balaban J connectivity index is 2.17. The van der Waals surface area contributed by atoms with Gasteiger partial charge in [0.15, 0.2) is 0 Å². The Labute approximate surface area is 124 Å². The van der Waals surface area contributed by atoms with Crippen LogP contribution in [-0.2, 0) is 6.54 Å².